The van der Waals surface area contributed by atoms with Crippen LogP contribution in [0, 0.1) is 12.7 Å². The van der Waals surface area contributed by atoms with Gasteiger partial charge in [-0.25, -0.2) is 4.39 Å². The van der Waals surface area contributed by atoms with Crippen LogP contribution in [0.1, 0.15) is 42.0 Å². The van der Waals surface area contributed by atoms with E-state index in [1.165, 1.54) is 17.7 Å². The van der Waals surface area contributed by atoms with Crippen molar-refractivity contribution in [1.29, 1.82) is 0 Å². The minimum atomic E-state index is -0.917. The van der Waals surface area contributed by atoms with Crippen LogP contribution in [0.5, 0.6) is 5.75 Å². The molecule has 1 N–H and O–H groups in total. The molecule has 0 radical (unpaired) electrons. The lowest BCUT2D eigenvalue weighted by Crippen LogP contribution is -2.04. The number of aryl methyl sites for hydroxylation is 1. The summed E-state index contributed by atoms with van der Waals surface area (Å²) < 4.78 is 25.2. The van der Waals surface area contributed by atoms with Gasteiger partial charge in [0.15, 0.2) is 17.3 Å². The molecule has 0 atom stereocenters. The summed E-state index contributed by atoms with van der Waals surface area (Å²) in [4.78, 5) is 16.1. The fraction of sp³-hybridized carbons (Fsp3) is 0.241. The van der Waals surface area contributed by atoms with E-state index in [9.17, 15) is 9.18 Å². The Hall–Kier alpha value is -3.97. The van der Waals surface area contributed by atoms with Crippen LogP contribution in [-0.2, 0) is 21.0 Å². The molecule has 0 unspecified atom stereocenters. The Morgan fingerprint density at radius 1 is 1.06 bits per heavy atom. The van der Waals surface area contributed by atoms with E-state index in [4.69, 9.17) is 19.4 Å². The molecule has 0 saturated heterocycles. The molecule has 0 aliphatic heterocycles. The van der Waals surface area contributed by atoms with E-state index >= 15 is 0 Å². The Morgan fingerprint density at radius 2 is 1.81 bits per heavy atom. The van der Waals surface area contributed by atoms with Crippen molar-refractivity contribution < 1.29 is 28.6 Å². The van der Waals surface area contributed by atoms with Gasteiger partial charge in [-0.05, 0) is 66.8 Å². The van der Waals surface area contributed by atoms with Gasteiger partial charge in [-0.2, -0.15) is 0 Å². The molecule has 3 rings (SSSR count). The maximum Gasteiger partial charge on any atom is 0.303 e. The molecule has 0 spiro atoms. The normalized spacial score (nSPS) is 11.3. The monoisotopic (exact) mass is 491 g/mol. The summed E-state index contributed by atoms with van der Waals surface area (Å²) >= 11 is 0. The number of oxime groups is 1. The summed E-state index contributed by atoms with van der Waals surface area (Å²) in [6, 6.07) is 18.5. The van der Waals surface area contributed by atoms with Crippen molar-refractivity contribution in [3.63, 3.8) is 0 Å². The van der Waals surface area contributed by atoms with Crippen LogP contribution in [0.4, 0.5) is 4.39 Å². The highest BCUT2D eigenvalue weighted by Crippen LogP contribution is 2.30. The van der Waals surface area contributed by atoms with Crippen LogP contribution < -0.4 is 4.74 Å². The number of hydrogen-bond acceptors (Lipinski definition) is 5. The molecule has 0 saturated carbocycles. The van der Waals surface area contributed by atoms with Crippen molar-refractivity contribution in [3.8, 4) is 16.9 Å². The molecule has 3 aromatic carbocycles. The van der Waals surface area contributed by atoms with Gasteiger partial charge in [-0.3, -0.25) is 4.79 Å². The van der Waals surface area contributed by atoms with E-state index in [1.807, 2.05) is 30.3 Å². The van der Waals surface area contributed by atoms with E-state index in [0.29, 0.717) is 30.1 Å². The van der Waals surface area contributed by atoms with Gasteiger partial charge < -0.3 is 19.4 Å². The van der Waals surface area contributed by atoms with Crippen LogP contribution in [0.3, 0.4) is 0 Å². The zero-order valence-corrected chi connectivity index (χ0v) is 20.7. The lowest BCUT2D eigenvalue weighted by atomic mass is 9.94. The third-order valence-electron chi connectivity index (χ3n) is 5.60. The molecule has 0 heterocycles. The zero-order chi connectivity index (χ0) is 26.1. The number of ether oxygens (including phenoxy) is 2. The van der Waals surface area contributed by atoms with Gasteiger partial charge in [0.05, 0.1) is 18.9 Å². The van der Waals surface area contributed by atoms with Gasteiger partial charge >= 0.3 is 5.97 Å². The highest BCUT2D eigenvalue weighted by atomic mass is 19.1. The fourth-order valence-electron chi connectivity index (χ4n) is 3.66. The fourth-order valence-corrected chi connectivity index (χ4v) is 3.66. The molecule has 36 heavy (non-hydrogen) atoms. The molecule has 7 heteroatoms. The van der Waals surface area contributed by atoms with Crippen molar-refractivity contribution in [2.75, 3.05) is 13.7 Å². The van der Waals surface area contributed by atoms with E-state index in [0.717, 1.165) is 22.3 Å². The maximum absolute atomic E-state index is 14.4. The SMILES string of the molecule is C=C(O/N=C(\C)c1ccc(OCCCC(=O)O)c(F)c1)c1ccc(-c2ccccc2C)c(COC)c1. The Bertz CT molecular complexity index is 1270. The van der Waals surface area contributed by atoms with Crippen molar-refractivity contribution in [3.05, 3.63) is 95.3 Å². The minimum absolute atomic E-state index is 0.0335. The molecule has 188 valence electrons. The molecule has 0 bridgehead atoms. The van der Waals surface area contributed by atoms with E-state index in [2.05, 4.69) is 30.8 Å². The number of carbonyl (C=O) groups is 1. The first-order chi connectivity index (χ1) is 17.3. The summed E-state index contributed by atoms with van der Waals surface area (Å²) in [5.74, 6) is -1.07. The van der Waals surface area contributed by atoms with Gasteiger partial charge in [0, 0.05) is 24.7 Å². The predicted molar refractivity (Wildman–Crippen MR) is 138 cm³/mol. The van der Waals surface area contributed by atoms with Crippen molar-refractivity contribution in [2.45, 2.75) is 33.3 Å². The number of methoxy groups -OCH3 is 1. The maximum atomic E-state index is 14.4. The number of aliphatic carboxylic acids is 1. The average molecular weight is 492 g/mol. The second-order valence-electron chi connectivity index (χ2n) is 8.30. The number of hydrogen-bond donors (Lipinski definition) is 1. The molecular weight excluding hydrogens is 461 g/mol. The second kappa shape index (κ2) is 12.7. The first kappa shape index (κ1) is 26.6. The summed E-state index contributed by atoms with van der Waals surface area (Å²) in [5, 5.41) is 12.8. The van der Waals surface area contributed by atoms with Gasteiger partial charge in [0.2, 0.25) is 0 Å². The molecule has 0 amide bonds. The Kier molecular flexibility index (Phi) is 9.36. The largest absolute Gasteiger partial charge is 0.491 e. The van der Waals surface area contributed by atoms with Crippen LogP contribution in [0.2, 0.25) is 0 Å². The molecule has 3 aromatic rings. The van der Waals surface area contributed by atoms with Crippen molar-refractivity contribution >= 4 is 17.4 Å². The Labute approximate surface area is 210 Å². The topological polar surface area (TPSA) is 77.4 Å². The van der Waals surface area contributed by atoms with Crippen LogP contribution in [-0.4, -0.2) is 30.5 Å². The number of benzene rings is 3. The quantitative estimate of drug-likeness (QED) is 0.134. The standard InChI is InChI=1S/C29H30FNO5/c1-19-8-5-6-9-25(19)26-13-11-23(16-24(26)18-34-4)21(3)36-31-20(2)22-12-14-28(27(30)17-22)35-15-7-10-29(32)33/h5-6,8-9,11-14,16-17H,3,7,10,15,18H2,1-2,4H3,(H,32,33)/b31-20+. The number of carboxylic acid groups (broad SMARTS) is 1. The Morgan fingerprint density at radius 3 is 2.50 bits per heavy atom. The van der Waals surface area contributed by atoms with Gasteiger partial charge in [-0.15, -0.1) is 0 Å². The zero-order valence-electron chi connectivity index (χ0n) is 20.7. The van der Waals surface area contributed by atoms with Gasteiger partial charge in [-0.1, -0.05) is 48.1 Å². The second-order valence-corrected chi connectivity index (χ2v) is 8.30. The van der Waals surface area contributed by atoms with Crippen molar-refractivity contribution in [1.82, 2.24) is 0 Å². The van der Waals surface area contributed by atoms with Crippen LogP contribution in [0.25, 0.3) is 16.9 Å². The third-order valence-corrected chi connectivity index (χ3v) is 5.60. The summed E-state index contributed by atoms with van der Waals surface area (Å²) in [7, 11) is 1.65. The molecule has 0 aliphatic rings. The van der Waals surface area contributed by atoms with Gasteiger partial charge in [0.25, 0.3) is 0 Å². The van der Waals surface area contributed by atoms with Crippen LogP contribution >= 0.6 is 0 Å². The highest BCUT2D eigenvalue weighted by molar-refractivity contribution is 5.98. The van der Waals surface area contributed by atoms with Crippen LogP contribution in [0.15, 0.2) is 72.4 Å². The lowest BCUT2D eigenvalue weighted by Gasteiger charge is -2.14. The van der Waals surface area contributed by atoms with E-state index in [1.54, 1.807) is 20.1 Å². The predicted octanol–water partition coefficient (Wildman–Crippen LogP) is 6.60. The smallest absolute Gasteiger partial charge is 0.303 e. The average Bonchev–Trinajstić information content (AvgIpc) is 2.86. The first-order valence-corrected chi connectivity index (χ1v) is 11.5. The van der Waals surface area contributed by atoms with E-state index < -0.39 is 11.8 Å². The molecule has 0 aliphatic carbocycles. The molecule has 6 nitrogen and oxygen atoms in total. The van der Waals surface area contributed by atoms with Crippen molar-refractivity contribution in [2.24, 2.45) is 5.16 Å². The summed E-state index contributed by atoms with van der Waals surface area (Å²) in [6.07, 6.45) is 0.263. The van der Waals surface area contributed by atoms with E-state index in [-0.39, 0.29) is 18.8 Å². The number of rotatable bonds is 12. The summed E-state index contributed by atoms with van der Waals surface area (Å²) in [6.45, 7) is 8.31. The highest BCUT2D eigenvalue weighted by Gasteiger charge is 2.12. The molecule has 0 aromatic heterocycles. The number of carboxylic acids is 1. The van der Waals surface area contributed by atoms with Gasteiger partial charge in [0.1, 0.15) is 0 Å². The number of halogens is 1. The molecule has 0 fully saturated rings. The third kappa shape index (κ3) is 7.02. The Balaban J connectivity index is 1.70. The molecular formula is C29H30FNO5. The minimum Gasteiger partial charge on any atom is -0.491 e. The summed E-state index contributed by atoms with van der Waals surface area (Å²) in [5.41, 5.74) is 6.11. The first-order valence-electron chi connectivity index (χ1n) is 11.5. The lowest BCUT2D eigenvalue weighted by molar-refractivity contribution is -0.137. The number of nitrogens with zero attached hydrogens (tertiary/aromatic N) is 1.